The average Bonchev–Trinajstić information content (AvgIpc) is 3.43. The van der Waals surface area contributed by atoms with Crippen molar-refractivity contribution in [3.05, 3.63) is 66.4 Å². The molecule has 3 aromatic rings. The van der Waals surface area contributed by atoms with Crippen LogP contribution in [-0.4, -0.2) is 65.2 Å². The summed E-state index contributed by atoms with van der Waals surface area (Å²) in [6.07, 6.45) is 3.30. The van der Waals surface area contributed by atoms with Crippen LogP contribution in [0, 0.1) is 0 Å². The topological polar surface area (TPSA) is 63.5 Å². The second-order valence-electron chi connectivity index (χ2n) is 7.95. The molecule has 2 aliphatic rings. The molecule has 0 N–H and O–H groups in total. The standard InChI is InChI=1S/C23H25N5O2/c1-30-21-11-12-26(15-21)19-9-7-18(8-10-19)23(29)27-13-20(14-27)28-16-22(24-25-28)17-5-3-2-4-6-17/h2-10,16,20-21H,11-15H2,1H3/t21-/m1/s1. The minimum atomic E-state index is 0.0670. The van der Waals surface area contributed by atoms with Gasteiger partial charge in [0.1, 0.15) is 5.69 Å². The number of nitrogens with zero attached hydrogens (tertiary/aromatic N) is 5. The fourth-order valence-corrected chi connectivity index (χ4v) is 4.14. The molecule has 154 valence electrons. The molecule has 2 saturated heterocycles. The lowest BCUT2D eigenvalue weighted by Gasteiger charge is -2.38. The SMILES string of the molecule is CO[C@@H]1CCN(c2ccc(C(=O)N3CC(n4cc(-c5ccccc5)nn4)C3)cc2)C1. The van der Waals surface area contributed by atoms with Gasteiger partial charge in [0.15, 0.2) is 0 Å². The first-order chi connectivity index (χ1) is 14.7. The molecule has 0 saturated carbocycles. The Morgan fingerprint density at radius 2 is 1.80 bits per heavy atom. The predicted octanol–water partition coefficient (Wildman–Crippen LogP) is 2.87. The number of benzene rings is 2. The van der Waals surface area contributed by atoms with Gasteiger partial charge in [-0.1, -0.05) is 35.5 Å². The van der Waals surface area contributed by atoms with Crippen LogP contribution in [0.1, 0.15) is 22.8 Å². The normalized spacial score (nSPS) is 19.2. The fraction of sp³-hybridized carbons (Fsp3) is 0.348. The van der Waals surface area contributed by atoms with E-state index in [1.807, 2.05) is 70.4 Å². The lowest BCUT2D eigenvalue weighted by atomic mass is 10.1. The lowest BCUT2D eigenvalue weighted by molar-refractivity contribution is 0.0498. The van der Waals surface area contributed by atoms with Crippen molar-refractivity contribution >= 4 is 11.6 Å². The van der Waals surface area contributed by atoms with Crippen molar-refractivity contribution in [2.24, 2.45) is 0 Å². The van der Waals surface area contributed by atoms with Crippen LogP contribution in [0.4, 0.5) is 5.69 Å². The van der Waals surface area contributed by atoms with E-state index in [9.17, 15) is 4.79 Å². The number of aromatic nitrogens is 3. The maximum Gasteiger partial charge on any atom is 0.254 e. The van der Waals surface area contributed by atoms with Crippen LogP contribution in [0.15, 0.2) is 60.8 Å². The van der Waals surface area contributed by atoms with E-state index in [4.69, 9.17) is 4.74 Å². The Hall–Kier alpha value is -3.19. The van der Waals surface area contributed by atoms with E-state index in [0.29, 0.717) is 19.2 Å². The molecule has 3 heterocycles. The number of carbonyl (C=O) groups is 1. The Kier molecular flexibility index (Phi) is 4.96. The van der Waals surface area contributed by atoms with Gasteiger partial charge >= 0.3 is 0 Å². The van der Waals surface area contributed by atoms with Crippen molar-refractivity contribution in [1.82, 2.24) is 19.9 Å². The zero-order valence-electron chi connectivity index (χ0n) is 17.0. The molecule has 0 bridgehead atoms. The molecule has 2 aromatic carbocycles. The molecule has 2 fully saturated rings. The summed E-state index contributed by atoms with van der Waals surface area (Å²) in [5.41, 5.74) is 3.77. The molecule has 7 nitrogen and oxygen atoms in total. The quantitative estimate of drug-likeness (QED) is 0.656. The smallest absolute Gasteiger partial charge is 0.254 e. The summed E-state index contributed by atoms with van der Waals surface area (Å²) in [4.78, 5) is 17.0. The van der Waals surface area contributed by atoms with Crippen molar-refractivity contribution < 1.29 is 9.53 Å². The van der Waals surface area contributed by atoms with Crippen LogP contribution in [0.5, 0.6) is 0 Å². The maximum atomic E-state index is 12.8. The number of hydrogen-bond donors (Lipinski definition) is 0. The van der Waals surface area contributed by atoms with Crippen LogP contribution in [0.3, 0.4) is 0 Å². The predicted molar refractivity (Wildman–Crippen MR) is 114 cm³/mol. The van der Waals surface area contributed by atoms with Crippen molar-refractivity contribution in [3.63, 3.8) is 0 Å². The Balaban J connectivity index is 1.18. The third-order valence-electron chi connectivity index (χ3n) is 6.06. The van der Waals surface area contributed by atoms with E-state index in [1.54, 1.807) is 7.11 Å². The molecular weight excluding hydrogens is 378 g/mol. The summed E-state index contributed by atoms with van der Waals surface area (Å²) >= 11 is 0. The zero-order valence-corrected chi connectivity index (χ0v) is 17.0. The van der Waals surface area contributed by atoms with Gasteiger partial charge in [0.25, 0.3) is 5.91 Å². The highest BCUT2D eigenvalue weighted by Crippen LogP contribution is 2.26. The van der Waals surface area contributed by atoms with E-state index in [0.717, 1.165) is 42.0 Å². The van der Waals surface area contributed by atoms with Gasteiger partial charge in [-0.2, -0.15) is 0 Å². The van der Waals surface area contributed by atoms with E-state index >= 15 is 0 Å². The monoisotopic (exact) mass is 403 g/mol. The summed E-state index contributed by atoms with van der Waals surface area (Å²) in [6.45, 7) is 3.20. The van der Waals surface area contributed by atoms with Gasteiger partial charge in [0.2, 0.25) is 0 Å². The van der Waals surface area contributed by atoms with Crippen LogP contribution in [0.2, 0.25) is 0 Å². The number of ether oxygens (including phenoxy) is 1. The number of methoxy groups -OCH3 is 1. The minimum absolute atomic E-state index is 0.0670. The van der Waals surface area contributed by atoms with E-state index < -0.39 is 0 Å². The molecule has 1 atom stereocenters. The van der Waals surface area contributed by atoms with E-state index in [-0.39, 0.29) is 11.9 Å². The van der Waals surface area contributed by atoms with Gasteiger partial charge in [0, 0.05) is 50.1 Å². The third-order valence-corrected chi connectivity index (χ3v) is 6.06. The zero-order chi connectivity index (χ0) is 20.5. The maximum absolute atomic E-state index is 12.8. The van der Waals surface area contributed by atoms with Crippen molar-refractivity contribution in [1.29, 1.82) is 0 Å². The highest BCUT2D eigenvalue weighted by atomic mass is 16.5. The number of carbonyl (C=O) groups excluding carboxylic acids is 1. The molecule has 0 aliphatic carbocycles. The van der Waals surface area contributed by atoms with Gasteiger partial charge in [-0.3, -0.25) is 4.79 Å². The first-order valence-electron chi connectivity index (χ1n) is 10.4. The van der Waals surface area contributed by atoms with Gasteiger partial charge < -0.3 is 14.5 Å². The fourth-order valence-electron chi connectivity index (χ4n) is 4.14. The highest BCUT2D eigenvalue weighted by molar-refractivity contribution is 5.95. The van der Waals surface area contributed by atoms with E-state index in [2.05, 4.69) is 15.2 Å². The molecule has 1 amide bonds. The Morgan fingerprint density at radius 3 is 2.50 bits per heavy atom. The number of rotatable bonds is 5. The number of amides is 1. The summed E-state index contributed by atoms with van der Waals surface area (Å²) in [6, 6.07) is 18.1. The Bertz CT molecular complexity index is 1010. The Morgan fingerprint density at radius 1 is 1.03 bits per heavy atom. The van der Waals surface area contributed by atoms with Crippen molar-refractivity contribution in [2.45, 2.75) is 18.6 Å². The first-order valence-corrected chi connectivity index (χ1v) is 10.4. The Labute approximate surface area is 175 Å². The molecule has 5 rings (SSSR count). The number of hydrogen-bond acceptors (Lipinski definition) is 5. The molecule has 7 heteroatoms. The van der Waals surface area contributed by atoms with Crippen LogP contribution < -0.4 is 4.90 Å². The molecule has 30 heavy (non-hydrogen) atoms. The molecule has 0 spiro atoms. The van der Waals surface area contributed by atoms with Crippen molar-refractivity contribution in [3.8, 4) is 11.3 Å². The first kappa shape index (κ1) is 18.8. The van der Waals surface area contributed by atoms with Gasteiger partial charge in [-0.15, -0.1) is 5.10 Å². The van der Waals surface area contributed by atoms with Crippen LogP contribution >= 0.6 is 0 Å². The minimum Gasteiger partial charge on any atom is -0.380 e. The molecule has 0 unspecified atom stereocenters. The summed E-state index contributed by atoms with van der Waals surface area (Å²) < 4.78 is 7.31. The van der Waals surface area contributed by atoms with Gasteiger partial charge in [-0.05, 0) is 30.7 Å². The number of anilines is 1. The van der Waals surface area contributed by atoms with Gasteiger partial charge in [-0.25, -0.2) is 4.68 Å². The lowest BCUT2D eigenvalue weighted by Crippen LogP contribution is -2.50. The highest BCUT2D eigenvalue weighted by Gasteiger charge is 2.33. The largest absolute Gasteiger partial charge is 0.380 e. The molecule has 0 radical (unpaired) electrons. The summed E-state index contributed by atoms with van der Waals surface area (Å²) in [5.74, 6) is 0.0670. The number of likely N-dealkylation sites (tertiary alicyclic amines) is 1. The summed E-state index contributed by atoms with van der Waals surface area (Å²) in [5, 5.41) is 8.54. The molecular formula is C23H25N5O2. The molecule has 1 aromatic heterocycles. The van der Waals surface area contributed by atoms with Crippen LogP contribution in [-0.2, 0) is 4.74 Å². The van der Waals surface area contributed by atoms with Crippen molar-refractivity contribution in [2.75, 3.05) is 38.2 Å². The molecule has 2 aliphatic heterocycles. The van der Waals surface area contributed by atoms with Crippen LogP contribution in [0.25, 0.3) is 11.3 Å². The second kappa shape index (κ2) is 7.91. The average molecular weight is 403 g/mol. The summed E-state index contributed by atoms with van der Waals surface area (Å²) in [7, 11) is 1.76. The second-order valence-corrected chi connectivity index (χ2v) is 7.95. The van der Waals surface area contributed by atoms with Gasteiger partial charge in [0.05, 0.1) is 18.3 Å². The third kappa shape index (κ3) is 3.57. The van der Waals surface area contributed by atoms with E-state index in [1.165, 1.54) is 0 Å².